The van der Waals surface area contributed by atoms with Crippen LogP contribution in [-0.2, 0) is 19.3 Å². The number of nitrogens with zero attached hydrogens (tertiary/aromatic N) is 2. The molecule has 0 radical (unpaired) electrons. The highest BCUT2D eigenvalue weighted by atomic mass is 127. The van der Waals surface area contributed by atoms with Crippen LogP contribution in [0.5, 0.6) is 5.75 Å². The second-order valence-corrected chi connectivity index (χ2v) is 8.17. The Bertz CT molecular complexity index is 832. The third-order valence-electron chi connectivity index (χ3n) is 3.56. The summed E-state index contributed by atoms with van der Waals surface area (Å²) in [5.74, 6) is 1.25. The van der Waals surface area contributed by atoms with Gasteiger partial charge in [0.1, 0.15) is 16.4 Å². The summed E-state index contributed by atoms with van der Waals surface area (Å²) in [6.45, 7) is 8.55. The fourth-order valence-corrected chi connectivity index (χ4v) is 3.05. The minimum absolute atomic E-state index is 0. The van der Waals surface area contributed by atoms with Gasteiger partial charge >= 0.3 is 6.18 Å². The number of hydrogen-bond acceptors (Lipinski definition) is 4. The molecule has 0 atom stereocenters. The first-order chi connectivity index (χ1) is 13.0. The maximum Gasteiger partial charge on any atom is 0.434 e. The minimum Gasteiger partial charge on any atom is -0.488 e. The molecule has 5 nitrogen and oxygen atoms in total. The van der Waals surface area contributed by atoms with Crippen LogP contribution in [0, 0.1) is 6.92 Å². The zero-order valence-electron chi connectivity index (χ0n) is 17.0. The molecule has 1 aromatic carbocycles. The number of guanidine groups is 1. The fourth-order valence-electron chi connectivity index (χ4n) is 2.31. The number of benzene rings is 1. The smallest absolute Gasteiger partial charge is 0.434 e. The summed E-state index contributed by atoms with van der Waals surface area (Å²) in [6.07, 6.45) is -4.43. The molecule has 0 spiro atoms. The van der Waals surface area contributed by atoms with E-state index in [1.54, 1.807) is 7.05 Å². The van der Waals surface area contributed by atoms with Crippen LogP contribution in [0.2, 0.25) is 0 Å². The molecule has 0 saturated carbocycles. The van der Waals surface area contributed by atoms with Gasteiger partial charge in [0, 0.05) is 24.5 Å². The molecule has 29 heavy (non-hydrogen) atoms. The van der Waals surface area contributed by atoms with Crippen LogP contribution in [0.3, 0.4) is 0 Å². The number of aliphatic imine (C=N–C) groups is 1. The number of rotatable bonds is 5. The Morgan fingerprint density at radius 3 is 2.38 bits per heavy atom. The summed E-state index contributed by atoms with van der Waals surface area (Å²) in [4.78, 5) is 7.70. The van der Waals surface area contributed by atoms with Gasteiger partial charge in [0.2, 0.25) is 0 Å². The first-order valence-electron chi connectivity index (χ1n) is 8.72. The molecule has 0 bridgehead atoms. The summed E-state index contributed by atoms with van der Waals surface area (Å²) < 4.78 is 43.9. The van der Waals surface area contributed by atoms with E-state index in [4.69, 9.17) is 4.74 Å². The highest BCUT2D eigenvalue weighted by molar-refractivity contribution is 14.0. The van der Waals surface area contributed by atoms with Crippen LogP contribution in [0.25, 0.3) is 0 Å². The van der Waals surface area contributed by atoms with E-state index in [-0.39, 0.29) is 36.1 Å². The molecule has 2 aromatic rings. The van der Waals surface area contributed by atoms with Crippen LogP contribution < -0.4 is 15.4 Å². The van der Waals surface area contributed by atoms with E-state index >= 15 is 0 Å². The van der Waals surface area contributed by atoms with Crippen LogP contribution >= 0.6 is 35.3 Å². The summed E-state index contributed by atoms with van der Waals surface area (Å²) in [7, 11) is 1.60. The zero-order chi connectivity index (χ0) is 20.9. The molecule has 0 aliphatic heterocycles. The van der Waals surface area contributed by atoms with E-state index < -0.39 is 11.9 Å². The number of aryl methyl sites for hydroxylation is 1. The second kappa shape index (κ2) is 10.5. The van der Waals surface area contributed by atoms with Crippen molar-refractivity contribution < 1.29 is 17.9 Å². The van der Waals surface area contributed by atoms with Gasteiger partial charge < -0.3 is 15.4 Å². The van der Waals surface area contributed by atoms with Crippen molar-refractivity contribution in [1.29, 1.82) is 0 Å². The van der Waals surface area contributed by atoms with Crippen molar-refractivity contribution >= 4 is 41.3 Å². The Kier molecular flexibility index (Phi) is 9.19. The van der Waals surface area contributed by atoms with Gasteiger partial charge in [-0.1, -0.05) is 12.1 Å². The highest BCUT2D eigenvalue weighted by Gasteiger charge is 2.33. The average Bonchev–Trinajstić information content (AvgIpc) is 3.04. The van der Waals surface area contributed by atoms with Crippen molar-refractivity contribution in [3.05, 3.63) is 45.4 Å². The first kappa shape index (κ1) is 25.5. The van der Waals surface area contributed by atoms with Crippen molar-refractivity contribution in [3.63, 3.8) is 0 Å². The first-order valence-corrected chi connectivity index (χ1v) is 9.60. The summed E-state index contributed by atoms with van der Waals surface area (Å²) in [5, 5.41) is 7.48. The van der Waals surface area contributed by atoms with Crippen LogP contribution in [-0.4, -0.2) is 23.6 Å². The quantitative estimate of drug-likeness (QED) is 0.313. The summed E-state index contributed by atoms with van der Waals surface area (Å²) in [6, 6.07) is 5.96. The molecule has 0 amide bonds. The lowest BCUT2D eigenvalue weighted by Gasteiger charge is -2.24. The standard InChI is InChI=1S/C19H25F3N4OS.HI/c1-12-6-7-13(14(8-12)27-18(2,3)4)9-24-17(23-5)25-10-16-26-15(11-28-16)19(20,21)22;/h6-8,11H,9-10H2,1-5H3,(H2,23,24,25);1H. The van der Waals surface area contributed by atoms with Crippen molar-refractivity contribution in [2.45, 2.75) is 52.6 Å². The highest BCUT2D eigenvalue weighted by Crippen LogP contribution is 2.30. The number of nitrogens with one attached hydrogen (secondary N) is 2. The number of halogens is 4. The zero-order valence-corrected chi connectivity index (χ0v) is 20.1. The van der Waals surface area contributed by atoms with Crippen LogP contribution in [0.4, 0.5) is 13.2 Å². The van der Waals surface area contributed by atoms with E-state index in [1.165, 1.54) is 0 Å². The van der Waals surface area contributed by atoms with E-state index in [9.17, 15) is 13.2 Å². The molecule has 0 aliphatic carbocycles. The molecule has 162 valence electrons. The number of hydrogen-bond donors (Lipinski definition) is 2. The van der Waals surface area contributed by atoms with Gasteiger partial charge in [-0.15, -0.1) is 35.3 Å². The van der Waals surface area contributed by atoms with Gasteiger partial charge in [-0.3, -0.25) is 4.99 Å². The summed E-state index contributed by atoms with van der Waals surface area (Å²) >= 11 is 0.957. The SMILES string of the molecule is CN=C(NCc1nc(C(F)(F)F)cs1)NCc1ccc(C)cc1OC(C)(C)C.I. The van der Waals surface area contributed by atoms with Gasteiger partial charge in [-0.25, -0.2) is 4.98 Å². The van der Waals surface area contributed by atoms with E-state index in [2.05, 4.69) is 20.6 Å². The Morgan fingerprint density at radius 2 is 1.83 bits per heavy atom. The topological polar surface area (TPSA) is 58.5 Å². The normalized spacial score (nSPS) is 12.3. The van der Waals surface area contributed by atoms with Crippen LogP contribution in [0.1, 0.15) is 42.6 Å². The third kappa shape index (κ3) is 8.37. The van der Waals surface area contributed by atoms with Gasteiger partial charge in [-0.2, -0.15) is 13.2 Å². The Labute approximate surface area is 190 Å². The van der Waals surface area contributed by atoms with E-state index in [0.717, 1.165) is 33.6 Å². The molecule has 0 saturated heterocycles. The number of thiazole rings is 1. The predicted molar refractivity (Wildman–Crippen MR) is 121 cm³/mol. The van der Waals surface area contributed by atoms with Gasteiger partial charge in [0.05, 0.1) is 6.54 Å². The Morgan fingerprint density at radius 1 is 1.17 bits per heavy atom. The molecular formula is C19H26F3IN4OS. The van der Waals surface area contributed by atoms with Crippen LogP contribution in [0.15, 0.2) is 28.6 Å². The van der Waals surface area contributed by atoms with Gasteiger partial charge in [0.15, 0.2) is 11.7 Å². The monoisotopic (exact) mass is 542 g/mol. The lowest BCUT2D eigenvalue weighted by molar-refractivity contribution is -0.140. The fraction of sp³-hybridized carbons (Fsp3) is 0.474. The second-order valence-electron chi connectivity index (χ2n) is 7.23. The number of ether oxygens (including phenoxy) is 1. The number of aromatic nitrogens is 1. The summed E-state index contributed by atoms with van der Waals surface area (Å²) in [5.41, 5.74) is 0.844. The Hall–Kier alpha value is -1.56. The molecular weight excluding hydrogens is 516 g/mol. The number of alkyl halides is 3. The van der Waals surface area contributed by atoms with Crippen molar-refractivity contribution in [3.8, 4) is 5.75 Å². The van der Waals surface area contributed by atoms with E-state index in [1.807, 2.05) is 45.9 Å². The predicted octanol–water partition coefficient (Wildman–Crippen LogP) is 5.13. The maximum absolute atomic E-state index is 12.6. The molecule has 0 fully saturated rings. The van der Waals surface area contributed by atoms with Gasteiger partial charge in [-0.05, 0) is 39.3 Å². The molecule has 10 heteroatoms. The lowest BCUT2D eigenvalue weighted by Crippen LogP contribution is -2.36. The van der Waals surface area contributed by atoms with Gasteiger partial charge in [0.25, 0.3) is 0 Å². The minimum atomic E-state index is -4.43. The van der Waals surface area contributed by atoms with Crippen molar-refractivity contribution in [2.24, 2.45) is 4.99 Å². The van der Waals surface area contributed by atoms with E-state index in [0.29, 0.717) is 17.5 Å². The van der Waals surface area contributed by atoms with Crippen molar-refractivity contribution in [1.82, 2.24) is 15.6 Å². The largest absolute Gasteiger partial charge is 0.488 e. The molecule has 2 N–H and O–H groups in total. The maximum atomic E-state index is 12.6. The molecule has 0 unspecified atom stereocenters. The Balaban J connectivity index is 0.00000420. The molecule has 0 aliphatic rings. The average molecular weight is 542 g/mol. The molecule has 1 aromatic heterocycles. The lowest BCUT2D eigenvalue weighted by atomic mass is 10.1. The molecule has 2 rings (SSSR count). The van der Waals surface area contributed by atoms with Crippen molar-refractivity contribution in [2.75, 3.05) is 7.05 Å². The molecule has 1 heterocycles. The third-order valence-corrected chi connectivity index (χ3v) is 4.41.